The summed E-state index contributed by atoms with van der Waals surface area (Å²) >= 11 is 18.2. The lowest BCUT2D eigenvalue weighted by atomic mass is 10.2. The molecule has 5 nitrogen and oxygen atoms in total. The SMILES string of the molecule is FC(F)(F)Oc1ccc(Nc2nc3cc(Cl)cc(Cl)c3n3ccnc23)cc1Cl. The fourth-order valence-electron chi connectivity index (χ4n) is 2.71. The van der Waals surface area contributed by atoms with E-state index in [1.165, 1.54) is 12.1 Å². The van der Waals surface area contributed by atoms with Gasteiger partial charge in [-0.15, -0.1) is 13.2 Å². The lowest BCUT2D eigenvalue weighted by molar-refractivity contribution is -0.274. The third kappa shape index (κ3) is 3.63. The van der Waals surface area contributed by atoms with Gasteiger partial charge in [0.25, 0.3) is 0 Å². The quantitative estimate of drug-likeness (QED) is 0.390. The molecule has 0 amide bonds. The Labute approximate surface area is 170 Å². The van der Waals surface area contributed by atoms with Gasteiger partial charge in [0.15, 0.2) is 11.5 Å². The van der Waals surface area contributed by atoms with Crippen molar-refractivity contribution in [1.29, 1.82) is 0 Å². The number of benzene rings is 2. The first-order valence-electron chi connectivity index (χ1n) is 7.65. The summed E-state index contributed by atoms with van der Waals surface area (Å²) in [4.78, 5) is 8.74. The van der Waals surface area contributed by atoms with Gasteiger partial charge in [0.2, 0.25) is 0 Å². The van der Waals surface area contributed by atoms with E-state index in [4.69, 9.17) is 34.8 Å². The van der Waals surface area contributed by atoms with Crippen molar-refractivity contribution in [3.05, 3.63) is 57.8 Å². The van der Waals surface area contributed by atoms with Gasteiger partial charge in [-0.2, -0.15) is 0 Å². The Morgan fingerprint density at radius 3 is 2.54 bits per heavy atom. The van der Waals surface area contributed by atoms with Crippen LogP contribution in [-0.4, -0.2) is 20.7 Å². The molecule has 2 aromatic carbocycles. The third-order valence-corrected chi connectivity index (χ3v) is 4.56. The molecule has 28 heavy (non-hydrogen) atoms. The van der Waals surface area contributed by atoms with Crippen molar-refractivity contribution >= 4 is 63.0 Å². The first-order chi connectivity index (χ1) is 13.2. The molecule has 11 heteroatoms. The van der Waals surface area contributed by atoms with Crippen molar-refractivity contribution in [3.63, 3.8) is 0 Å². The minimum atomic E-state index is -4.83. The summed E-state index contributed by atoms with van der Waals surface area (Å²) in [6.45, 7) is 0. The number of imidazole rings is 1. The lowest BCUT2D eigenvalue weighted by Gasteiger charge is -2.13. The Balaban J connectivity index is 1.77. The van der Waals surface area contributed by atoms with Gasteiger partial charge in [0.05, 0.1) is 21.1 Å². The second-order valence-corrected chi connectivity index (χ2v) is 6.91. The molecule has 2 aromatic heterocycles. The Kier molecular flexibility index (Phi) is 4.65. The average molecular weight is 448 g/mol. The number of ether oxygens (including phenoxy) is 1. The summed E-state index contributed by atoms with van der Waals surface area (Å²) < 4.78 is 42.7. The highest BCUT2D eigenvalue weighted by Gasteiger charge is 2.32. The first kappa shape index (κ1) is 18.9. The summed E-state index contributed by atoms with van der Waals surface area (Å²) in [5.41, 5.74) is 1.98. The van der Waals surface area contributed by atoms with Gasteiger partial charge in [-0.1, -0.05) is 34.8 Å². The molecule has 0 bridgehead atoms. The van der Waals surface area contributed by atoms with Crippen LogP contribution in [0.15, 0.2) is 42.7 Å². The molecule has 0 aliphatic carbocycles. The summed E-state index contributed by atoms with van der Waals surface area (Å²) in [6.07, 6.45) is -1.56. The van der Waals surface area contributed by atoms with E-state index in [-0.39, 0.29) is 5.02 Å². The molecule has 0 radical (unpaired) electrons. The number of halogens is 6. The first-order valence-corrected chi connectivity index (χ1v) is 8.79. The molecule has 0 aliphatic heterocycles. The number of nitrogens with one attached hydrogen (secondary N) is 1. The maximum atomic E-state index is 12.4. The second-order valence-electron chi connectivity index (χ2n) is 5.65. The molecule has 0 spiro atoms. The number of hydrogen-bond donors (Lipinski definition) is 1. The number of rotatable bonds is 3. The van der Waals surface area contributed by atoms with Gasteiger partial charge < -0.3 is 10.1 Å². The molecule has 2 heterocycles. The van der Waals surface area contributed by atoms with Crippen LogP contribution >= 0.6 is 34.8 Å². The summed E-state index contributed by atoms with van der Waals surface area (Å²) in [6, 6.07) is 7.01. The highest BCUT2D eigenvalue weighted by atomic mass is 35.5. The highest BCUT2D eigenvalue weighted by molar-refractivity contribution is 6.38. The zero-order chi connectivity index (χ0) is 20.1. The summed E-state index contributed by atoms with van der Waals surface area (Å²) in [7, 11) is 0. The normalized spacial score (nSPS) is 11.9. The van der Waals surface area contributed by atoms with Crippen molar-refractivity contribution in [1.82, 2.24) is 14.4 Å². The Morgan fingerprint density at radius 2 is 1.82 bits per heavy atom. The van der Waals surface area contributed by atoms with E-state index in [9.17, 15) is 13.2 Å². The van der Waals surface area contributed by atoms with Crippen molar-refractivity contribution in [2.45, 2.75) is 6.36 Å². The minimum Gasteiger partial charge on any atom is -0.404 e. The van der Waals surface area contributed by atoms with Crippen LogP contribution in [0.5, 0.6) is 5.75 Å². The maximum Gasteiger partial charge on any atom is 0.573 e. The van der Waals surface area contributed by atoms with Crippen molar-refractivity contribution in [2.24, 2.45) is 0 Å². The predicted octanol–water partition coefficient (Wildman–Crippen LogP) is 6.48. The number of nitrogens with zero attached hydrogens (tertiary/aromatic N) is 3. The minimum absolute atomic E-state index is 0.214. The summed E-state index contributed by atoms with van der Waals surface area (Å²) in [5, 5.41) is 3.59. The number of aromatic nitrogens is 3. The summed E-state index contributed by atoms with van der Waals surface area (Å²) in [5.74, 6) is -0.160. The van der Waals surface area contributed by atoms with Crippen LogP contribution in [-0.2, 0) is 0 Å². The zero-order valence-electron chi connectivity index (χ0n) is 13.6. The number of hydrogen-bond acceptors (Lipinski definition) is 4. The van der Waals surface area contributed by atoms with E-state index in [0.29, 0.717) is 38.2 Å². The Hall–Kier alpha value is -2.42. The van der Waals surface area contributed by atoms with Gasteiger partial charge in [-0.25, -0.2) is 9.97 Å². The topological polar surface area (TPSA) is 51.5 Å². The molecule has 0 fully saturated rings. The van der Waals surface area contributed by atoms with Crippen molar-refractivity contribution in [3.8, 4) is 5.75 Å². The van der Waals surface area contributed by atoms with Gasteiger partial charge >= 0.3 is 6.36 Å². The van der Waals surface area contributed by atoms with E-state index >= 15 is 0 Å². The largest absolute Gasteiger partial charge is 0.573 e. The molecule has 144 valence electrons. The Bertz CT molecular complexity index is 1210. The van der Waals surface area contributed by atoms with E-state index in [1.54, 1.807) is 28.9 Å². The molecule has 0 atom stereocenters. The number of fused-ring (bicyclic) bond motifs is 3. The zero-order valence-corrected chi connectivity index (χ0v) is 15.8. The maximum absolute atomic E-state index is 12.4. The van der Waals surface area contributed by atoms with Crippen LogP contribution in [0, 0.1) is 0 Å². The van der Waals surface area contributed by atoms with Crippen molar-refractivity contribution < 1.29 is 17.9 Å². The van der Waals surface area contributed by atoms with Gasteiger partial charge in [0, 0.05) is 23.1 Å². The van der Waals surface area contributed by atoms with Crippen LogP contribution < -0.4 is 10.1 Å². The highest BCUT2D eigenvalue weighted by Crippen LogP contribution is 2.34. The lowest BCUT2D eigenvalue weighted by Crippen LogP contribution is -2.17. The molecular weight excluding hydrogens is 440 g/mol. The molecule has 0 unspecified atom stereocenters. The standard InChI is InChI=1S/C17H8Cl3F3N4O/c18-8-5-11(20)14-12(6-8)26-15(16-24-3-4-27(14)16)25-9-1-2-13(10(19)7-9)28-17(21,22)23/h1-7H,(H,25,26). The van der Waals surface area contributed by atoms with Crippen LogP contribution in [0.2, 0.25) is 15.1 Å². The molecule has 4 aromatic rings. The van der Waals surface area contributed by atoms with Crippen LogP contribution in [0.25, 0.3) is 16.7 Å². The molecule has 1 N–H and O–H groups in total. The third-order valence-electron chi connectivity index (χ3n) is 3.75. The molecular formula is C17H8Cl3F3N4O. The van der Waals surface area contributed by atoms with Gasteiger partial charge in [0.1, 0.15) is 5.75 Å². The van der Waals surface area contributed by atoms with E-state index in [2.05, 4.69) is 20.0 Å². The molecule has 4 rings (SSSR count). The fraction of sp³-hybridized carbons (Fsp3) is 0.0588. The molecule has 0 saturated carbocycles. The number of anilines is 2. The van der Waals surface area contributed by atoms with E-state index in [0.717, 1.165) is 6.07 Å². The van der Waals surface area contributed by atoms with Crippen molar-refractivity contribution in [2.75, 3.05) is 5.32 Å². The van der Waals surface area contributed by atoms with Crippen LogP contribution in [0.1, 0.15) is 0 Å². The second kappa shape index (κ2) is 6.88. The predicted molar refractivity (Wildman–Crippen MR) is 102 cm³/mol. The monoisotopic (exact) mass is 446 g/mol. The van der Waals surface area contributed by atoms with Crippen LogP contribution in [0.3, 0.4) is 0 Å². The molecule has 0 saturated heterocycles. The fourth-order valence-corrected chi connectivity index (χ4v) is 3.51. The molecule has 0 aliphatic rings. The smallest absolute Gasteiger partial charge is 0.404 e. The van der Waals surface area contributed by atoms with E-state index in [1.807, 2.05) is 0 Å². The Morgan fingerprint density at radius 1 is 1.04 bits per heavy atom. The number of alkyl halides is 3. The van der Waals surface area contributed by atoms with E-state index < -0.39 is 12.1 Å². The average Bonchev–Trinajstić information content (AvgIpc) is 3.05. The van der Waals surface area contributed by atoms with Gasteiger partial charge in [-0.05, 0) is 30.3 Å². The van der Waals surface area contributed by atoms with Gasteiger partial charge in [-0.3, -0.25) is 4.40 Å². The van der Waals surface area contributed by atoms with Crippen LogP contribution in [0.4, 0.5) is 24.7 Å².